The Morgan fingerprint density at radius 2 is 2.11 bits per heavy atom. The number of aromatic carboxylic acids is 1. The largest absolute Gasteiger partial charge is 0.477 e. The number of carbonyl (C=O) groups is 1. The van der Waals surface area contributed by atoms with Crippen LogP contribution in [0.15, 0.2) is 30.9 Å². The lowest BCUT2D eigenvalue weighted by molar-refractivity contribution is 0.0701. The predicted molar refractivity (Wildman–Crippen MR) is 114 cm³/mol. The molecule has 1 fully saturated rings. The summed E-state index contributed by atoms with van der Waals surface area (Å²) in [6.45, 7) is 13.9. The van der Waals surface area contributed by atoms with E-state index in [0.717, 1.165) is 16.9 Å². The van der Waals surface area contributed by atoms with Gasteiger partial charge in [-0.1, -0.05) is 35.3 Å². The van der Waals surface area contributed by atoms with E-state index in [4.69, 9.17) is 34.5 Å². The first-order chi connectivity index (χ1) is 13.5. The number of halogens is 2. The molecule has 0 bridgehead atoms. The predicted octanol–water partition coefficient (Wildman–Crippen LogP) is 5.85. The maximum absolute atomic E-state index is 12.0. The number of carboxylic acids is 1. The number of thiophene rings is 1. The number of anilines is 1. The lowest BCUT2D eigenvalue weighted by Gasteiger charge is -2.28. The van der Waals surface area contributed by atoms with Crippen molar-refractivity contribution in [2.24, 2.45) is 0 Å². The second-order valence-electron chi connectivity index (χ2n) is 6.27. The molecule has 28 heavy (non-hydrogen) atoms. The molecule has 1 aromatic carbocycles. The van der Waals surface area contributed by atoms with Gasteiger partial charge in [0.25, 0.3) is 0 Å². The molecule has 1 atom stereocenters. The highest BCUT2D eigenvalue weighted by molar-refractivity contribution is 7.18. The number of allylic oxidation sites excluding steroid dienone is 1. The first-order valence-corrected chi connectivity index (χ1v) is 10.2. The Bertz CT molecular complexity index is 946. The van der Waals surface area contributed by atoms with Gasteiger partial charge in [-0.25, -0.2) is 9.64 Å². The molecule has 5 nitrogen and oxygen atoms in total. The third-order valence-corrected chi connectivity index (χ3v) is 6.58. The van der Waals surface area contributed by atoms with Crippen LogP contribution in [0.1, 0.15) is 33.1 Å². The number of benzene rings is 1. The van der Waals surface area contributed by atoms with Gasteiger partial charge < -0.3 is 14.7 Å². The minimum atomic E-state index is -1.04. The van der Waals surface area contributed by atoms with Gasteiger partial charge in [0.15, 0.2) is 0 Å². The smallest absolute Gasteiger partial charge is 0.344 e. The van der Waals surface area contributed by atoms with Crippen LogP contribution < -0.4 is 4.90 Å². The Morgan fingerprint density at radius 3 is 2.68 bits per heavy atom. The summed E-state index contributed by atoms with van der Waals surface area (Å²) < 4.78 is 5.39. The molecule has 1 unspecified atom stereocenters. The Kier molecular flexibility index (Phi) is 6.63. The molecule has 2 heterocycles. The Labute approximate surface area is 177 Å². The van der Waals surface area contributed by atoms with E-state index in [-0.39, 0.29) is 10.8 Å². The lowest BCUT2D eigenvalue weighted by atomic mass is 9.87. The van der Waals surface area contributed by atoms with Gasteiger partial charge in [-0.05, 0) is 29.7 Å². The fourth-order valence-corrected chi connectivity index (χ4v) is 4.81. The van der Waals surface area contributed by atoms with Crippen molar-refractivity contribution in [3.8, 4) is 0 Å². The van der Waals surface area contributed by atoms with E-state index in [1.807, 2.05) is 11.0 Å². The number of ether oxygens (including phenoxy) is 1. The average Bonchev–Trinajstić information content (AvgIpc) is 3.08. The number of carboxylic acid groups (broad SMARTS) is 1. The molecule has 146 valence electrons. The molecule has 1 aliphatic rings. The molecular formula is C20H18Cl2N2O3S. The van der Waals surface area contributed by atoms with E-state index in [2.05, 4.69) is 11.4 Å². The van der Waals surface area contributed by atoms with Crippen LogP contribution in [0.25, 0.3) is 4.85 Å². The van der Waals surface area contributed by atoms with Crippen molar-refractivity contribution in [2.75, 3.05) is 31.2 Å². The summed E-state index contributed by atoms with van der Waals surface area (Å²) in [6, 6.07) is 5.22. The monoisotopic (exact) mass is 436 g/mol. The van der Waals surface area contributed by atoms with E-state index in [9.17, 15) is 9.90 Å². The molecule has 0 saturated carbocycles. The van der Waals surface area contributed by atoms with Gasteiger partial charge in [0.2, 0.25) is 5.69 Å². The summed E-state index contributed by atoms with van der Waals surface area (Å²) in [6.07, 6.45) is 2.19. The van der Waals surface area contributed by atoms with Gasteiger partial charge in [0.1, 0.15) is 4.88 Å². The first kappa shape index (κ1) is 20.7. The fraction of sp³-hybridized carbons (Fsp3) is 0.300. The zero-order valence-corrected chi connectivity index (χ0v) is 17.3. The molecule has 1 N–H and O–H groups in total. The normalized spacial score (nSPS) is 15.1. The SMILES string of the molecule is [C-]#[N+]c1c(N2CCOCC2)sc(C(=O)O)c1C(CC=C)c1ccc(Cl)c(Cl)c1. The molecule has 0 aliphatic carbocycles. The molecule has 2 aromatic rings. The van der Waals surface area contributed by atoms with Crippen LogP contribution in [0.2, 0.25) is 10.0 Å². The standard InChI is InChI=1S/C20H18Cl2N2O3S/c1-3-4-13(12-5-6-14(21)15(22)11-12)16-17(23-2)19(28-18(16)20(25)26)24-7-9-27-10-8-24/h3,5-6,11,13H,1,4,7-10H2,(H,25,26). The van der Waals surface area contributed by atoms with Crippen molar-refractivity contribution >= 4 is 51.2 Å². The zero-order chi connectivity index (χ0) is 20.3. The van der Waals surface area contributed by atoms with Crippen LogP contribution in [0.3, 0.4) is 0 Å². The maximum atomic E-state index is 12.0. The van der Waals surface area contributed by atoms with Crippen molar-refractivity contribution in [1.29, 1.82) is 0 Å². The zero-order valence-electron chi connectivity index (χ0n) is 15.0. The molecule has 1 aliphatic heterocycles. The quantitative estimate of drug-likeness (QED) is 0.455. The van der Waals surface area contributed by atoms with Crippen LogP contribution >= 0.6 is 34.5 Å². The van der Waals surface area contributed by atoms with E-state index in [1.54, 1.807) is 18.2 Å². The number of hydrogen-bond donors (Lipinski definition) is 1. The molecule has 0 spiro atoms. The fourth-order valence-electron chi connectivity index (χ4n) is 3.31. The molecule has 1 aromatic heterocycles. The average molecular weight is 437 g/mol. The van der Waals surface area contributed by atoms with Gasteiger partial charge in [-0.2, -0.15) is 0 Å². The lowest BCUT2D eigenvalue weighted by Crippen LogP contribution is -2.35. The molecule has 1 saturated heterocycles. The first-order valence-electron chi connectivity index (χ1n) is 8.63. The molecular weight excluding hydrogens is 419 g/mol. The van der Waals surface area contributed by atoms with Crippen LogP contribution in [0.5, 0.6) is 0 Å². The minimum Gasteiger partial charge on any atom is -0.477 e. The Morgan fingerprint density at radius 1 is 1.39 bits per heavy atom. The highest BCUT2D eigenvalue weighted by Crippen LogP contribution is 2.49. The van der Waals surface area contributed by atoms with Crippen LogP contribution in [-0.2, 0) is 4.74 Å². The van der Waals surface area contributed by atoms with Gasteiger partial charge in [0, 0.05) is 19.0 Å². The summed E-state index contributed by atoms with van der Waals surface area (Å²) in [5.41, 5.74) is 1.68. The van der Waals surface area contributed by atoms with Crippen LogP contribution in [0.4, 0.5) is 10.7 Å². The van der Waals surface area contributed by atoms with E-state index < -0.39 is 5.97 Å². The molecule has 0 amide bonds. The maximum Gasteiger partial charge on any atom is 0.344 e. The number of rotatable bonds is 6. The second-order valence-corrected chi connectivity index (χ2v) is 8.08. The third-order valence-electron chi connectivity index (χ3n) is 4.60. The Balaban J connectivity index is 2.19. The van der Waals surface area contributed by atoms with Crippen molar-refractivity contribution < 1.29 is 14.6 Å². The van der Waals surface area contributed by atoms with Crippen molar-refractivity contribution in [2.45, 2.75) is 12.3 Å². The second kappa shape index (κ2) is 8.97. The summed E-state index contributed by atoms with van der Waals surface area (Å²) in [5.74, 6) is -1.40. The van der Waals surface area contributed by atoms with Gasteiger partial charge >= 0.3 is 5.97 Å². The van der Waals surface area contributed by atoms with Crippen LogP contribution in [0, 0.1) is 6.57 Å². The van der Waals surface area contributed by atoms with E-state index >= 15 is 0 Å². The molecule has 8 heteroatoms. The summed E-state index contributed by atoms with van der Waals surface area (Å²) >= 11 is 13.4. The highest BCUT2D eigenvalue weighted by atomic mass is 35.5. The van der Waals surface area contributed by atoms with Crippen LogP contribution in [-0.4, -0.2) is 37.4 Å². The Hall–Kier alpha value is -2.04. The summed E-state index contributed by atoms with van der Waals surface area (Å²) in [4.78, 5) is 18.0. The van der Waals surface area contributed by atoms with E-state index in [1.165, 1.54) is 0 Å². The summed E-state index contributed by atoms with van der Waals surface area (Å²) in [5, 5.41) is 11.3. The number of morpholine rings is 1. The van der Waals surface area contributed by atoms with Gasteiger partial charge in [0.05, 0.1) is 34.8 Å². The number of nitrogens with zero attached hydrogens (tertiary/aromatic N) is 2. The van der Waals surface area contributed by atoms with E-state index in [0.29, 0.717) is 59.0 Å². The van der Waals surface area contributed by atoms with Crippen molar-refractivity contribution in [3.63, 3.8) is 0 Å². The molecule has 0 radical (unpaired) electrons. The third kappa shape index (κ3) is 4.03. The minimum absolute atomic E-state index is 0.172. The topological polar surface area (TPSA) is 54.1 Å². The number of hydrogen-bond acceptors (Lipinski definition) is 4. The van der Waals surface area contributed by atoms with Gasteiger partial charge in [-0.3, -0.25) is 0 Å². The highest BCUT2D eigenvalue weighted by Gasteiger charge is 2.31. The van der Waals surface area contributed by atoms with Crippen molar-refractivity contribution in [1.82, 2.24) is 0 Å². The van der Waals surface area contributed by atoms with Crippen molar-refractivity contribution in [3.05, 3.63) is 68.3 Å². The van der Waals surface area contributed by atoms with Gasteiger partial charge in [-0.15, -0.1) is 17.9 Å². The molecule has 3 rings (SSSR count). The summed E-state index contributed by atoms with van der Waals surface area (Å²) in [7, 11) is 0.